The predicted molar refractivity (Wildman–Crippen MR) is 136 cm³/mol. The van der Waals surface area contributed by atoms with E-state index in [0.717, 1.165) is 11.3 Å². The number of halogens is 1. The highest BCUT2D eigenvalue weighted by molar-refractivity contribution is 6.30. The molecule has 2 aromatic carbocycles. The fourth-order valence-electron chi connectivity index (χ4n) is 3.94. The van der Waals surface area contributed by atoms with Crippen molar-refractivity contribution in [1.29, 1.82) is 0 Å². The molecule has 0 radical (unpaired) electrons. The summed E-state index contributed by atoms with van der Waals surface area (Å²) >= 11 is 5.96. The topological polar surface area (TPSA) is 94.6 Å². The third-order valence-corrected chi connectivity index (χ3v) is 6.17. The molecule has 2 N–H and O–H groups in total. The highest BCUT2D eigenvalue weighted by Crippen LogP contribution is 2.22. The third-order valence-electron chi connectivity index (χ3n) is 5.92. The molecule has 0 spiro atoms. The van der Waals surface area contributed by atoms with Crippen molar-refractivity contribution in [3.05, 3.63) is 88.7 Å². The van der Waals surface area contributed by atoms with Crippen LogP contribution in [0.3, 0.4) is 0 Å². The second-order valence-electron chi connectivity index (χ2n) is 8.21. The number of aryl methyl sites for hydroxylation is 1. The first kappa shape index (κ1) is 24.2. The van der Waals surface area contributed by atoms with Crippen LogP contribution >= 0.6 is 11.6 Å². The summed E-state index contributed by atoms with van der Waals surface area (Å²) in [7, 11) is 0. The van der Waals surface area contributed by atoms with E-state index in [9.17, 15) is 14.4 Å². The minimum absolute atomic E-state index is 0.120. The average molecular weight is 492 g/mol. The van der Waals surface area contributed by atoms with Gasteiger partial charge in [-0.1, -0.05) is 23.7 Å². The molecule has 1 fully saturated rings. The van der Waals surface area contributed by atoms with E-state index < -0.39 is 5.91 Å². The molecule has 3 amide bonds. The summed E-state index contributed by atoms with van der Waals surface area (Å²) in [6, 6.07) is 16.0. The fourth-order valence-corrected chi connectivity index (χ4v) is 4.07. The number of piperazine rings is 1. The van der Waals surface area contributed by atoms with Crippen LogP contribution in [0.15, 0.2) is 67.0 Å². The molecule has 1 saturated heterocycles. The smallest absolute Gasteiger partial charge is 0.255 e. The number of aromatic nitrogens is 1. The predicted octanol–water partition coefficient (Wildman–Crippen LogP) is 3.37. The summed E-state index contributed by atoms with van der Waals surface area (Å²) in [5.74, 6) is -0.915. The van der Waals surface area contributed by atoms with Crippen molar-refractivity contribution in [3.63, 3.8) is 0 Å². The summed E-state index contributed by atoms with van der Waals surface area (Å²) in [4.78, 5) is 46.1. The Bertz CT molecular complexity index is 1210. The van der Waals surface area contributed by atoms with Gasteiger partial charge in [0.2, 0.25) is 5.91 Å². The van der Waals surface area contributed by atoms with Gasteiger partial charge in [-0.25, -0.2) is 0 Å². The van der Waals surface area contributed by atoms with Crippen LogP contribution in [-0.2, 0) is 4.79 Å². The first-order valence-corrected chi connectivity index (χ1v) is 11.7. The second kappa shape index (κ2) is 11.0. The fraction of sp³-hybridized carbons (Fsp3) is 0.231. The summed E-state index contributed by atoms with van der Waals surface area (Å²) in [6.45, 7) is 4.22. The van der Waals surface area contributed by atoms with Gasteiger partial charge in [-0.3, -0.25) is 19.4 Å². The van der Waals surface area contributed by atoms with Gasteiger partial charge in [0.05, 0.1) is 17.8 Å². The number of anilines is 2. The Morgan fingerprint density at radius 3 is 2.29 bits per heavy atom. The summed E-state index contributed by atoms with van der Waals surface area (Å²) in [5, 5.41) is 6.21. The van der Waals surface area contributed by atoms with Crippen molar-refractivity contribution in [2.24, 2.45) is 0 Å². The van der Waals surface area contributed by atoms with E-state index >= 15 is 0 Å². The Labute approximate surface area is 208 Å². The molecular formula is C26H26ClN5O3. The number of hydrogen-bond donors (Lipinski definition) is 2. The molecule has 3 aromatic rings. The molecule has 2 heterocycles. The van der Waals surface area contributed by atoms with Crippen molar-refractivity contribution < 1.29 is 14.4 Å². The van der Waals surface area contributed by atoms with Gasteiger partial charge >= 0.3 is 0 Å². The average Bonchev–Trinajstić information content (AvgIpc) is 2.89. The van der Waals surface area contributed by atoms with E-state index in [-0.39, 0.29) is 18.4 Å². The molecular weight excluding hydrogens is 466 g/mol. The van der Waals surface area contributed by atoms with E-state index in [1.807, 2.05) is 37.3 Å². The monoisotopic (exact) mass is 491 g/mol. The largest absolute Gasteiger partial charge is 0.368 e. The lowest BCUT2D eigenvalue weighted by Crippen LogP contribution is -2.51. The lowest BCUT2D eigenvalue weighted by Gasteiger charge is -2.36. The van der Waals surface area contributed by atoms with Crippen LogP contribution in [0.4, 0.5) is 11.4 Å². The first-order chi connectivity index (χ1) is 16.9. The summed E-state index contributed by atoms with van der Waals surface area (Å²) < 4.78 is 0. The van der Waals surface area contributed by atoms with Crippen molar-refractivity contribution in [3.8, 4) is 0 Å². The highest BCUT2D eigenvalue weighted by atomic mass is 35.5. The van der Waals surface area contributed by atoms with Gasteiger partial charge in [-0.2, -0.15) is 0 Å². The van der Waals surface area contributed by atoms with E-state index in [0.29, 0.717) is 48.0 Å². The van der Waals surface area contributed by atoms with Gasteiger partial charge in [-0.15, -0.1) is 0 Å². The van der Waals surface area contributed by atoms with Crippen LogP contribution in [0.25, 0.3) is 0 Å². The lowest BCUT2D eigenvalue weighted by molar-refractivity contribution is -0.130. The lowest BCUT2D eigenvalue weighted by atomic mass is 10.1. The number of pyridine rings is 1. The number of rotatable bonds is 6. The molecule has 1 aliphatic heterocycles. The number of hydrogen-bond acceptors (Lipinski definition) is 5. The normalized spacial score (nSPS) is 13.3. The maximum Gasteiger partial charge on any atom is 0.255 e. The zero-order chi connectivity index (χ0) is 24.8. The molecule has 9 heteroatoms. The van der Waals surface area contributed by atoms with E-state index in [2.05, 4.69) is 20.5 Å². The Morgan fingerprint density at radius 2 is 1.60 bits per heavy atom. The zero-order valence-corrected chi connectivity index (χ0v) is 20.1. The minimum atomic E-state index is -0.424. The Morgan fingerprint density at radius 1 is 0.914 bits per heavy atom. The van der Waals surface area contributed by atoms with Crippen molar-refractivity contribution in [1.82, 2.24) is 15.2 Å². The van der Waals surface area contributed by atoms with Crippen LogP contribution in [0.1, 0.15) is 26.3 Å². The van der Waals surface area contributed by atoms with Gasteiger partial charge in [-0.05, 0) is 55.0 Å². The maximum atomic E-state index is 12.9. The molecule has 0 aliphatic carbocycles. The Hall–Kier alpha value is -3.91. The molecule has 0 saturated carbocycles. The molecule has 0 bridgehead atoms. The van der Waals surface area contributed by atoms with E-state index in [1.165, 1.54) is 12.4 Å². The first-order valence-electron chi connectivity index (χ1n) is 11.3. The number of para-hydroxylation sites is 1. The molecule has 180 valence electrons. The van der Waals surface area contributed by atoms with Crippen molar-refractivity contribution >= 4 is 40.7 Å². The van der Waals surface area contributed by atoms with Crippen molar-refractivity contribution in [2.75, 3.05) is 42.9 Å². The van der Waals surface area contributed by atoms with Crippen LogP contribution in [0, 0.1) is 6.92 Å². The Kier molecular flexibility index (Phi) is 7.62. The third kappa shape index (κ3) is 5.96. The molecule has 1 aliphatic rings. The highest BCUT2D eigenvalue weighted by Gasteiger charge is 2.23. The quantitative estimate of drug-likeness (QED) is 0.551. The number of carbonyl (C=O) groups is 3. The van der Waals surface area contributed by atoms with Crippen LogP contribution in [0.5, 0.6) is 0 Å². The number of carbonyl (C=O) groups excluding carboxylic acids is 3. The number of benzene rings is 2. The second-order valence-corrected chi connectivity index (χ2v) is 8.65. The van der Waals surface area contributed by atoms with Crippen molar-refractivity contribution in [2.45, 2.75) is 6.92 Å². The molecule has 1 aromatic heterocycles. The molecule has 35 heavy (non-hydrogen) atoms. The summed E-state index contributed by atoms with van der Waals surface area (Å²) in [6.07, 6.45) is 3.06. The van der Waals surface area contributed by atoms with Gasteiger partial charge in [0.1, 0.15) is 0 Å². The van der Waals surface area contributed by atoms with Crippen LogP contribution in [0.2, 0.25) is 5.02 Å². The maximum absolute atomic E-state index is 12.9. The van der Waals surface area contributed by atoms with Gasteiger partial charge < -0.3 is 20.4 Å². The van der Waals surface area contributed by atoms with Gasteiger partial charge in [0, 0.05) is 54.8 Å². The Balaban J connectivity index is 1.34. The standard InChI is InChI=1S/C26H26ClN5O3/c1-18-3-2-4-22(24(18)30-25(34)19-9-11-28-12-10-19)26(35)29-17-23(33)32-15-13-31(14-16-32)21-7-5-20(27)6-8-21/h2-12H,13-17H2,1H3,(H,29,35)(H,30,34). The number of amides is 3. The molecule has 4 rings (SSSR count). The molecule has 0 unspecified atom stereocenters. The van der Waals surface area contributed by atoms with E-state index in [4.69, 9.17) is 11.6 Å². The minimum Gasteiger partial charge on any atom is -0.368 e. The summed E-state index contributed by atoms with van der Waals surface area (Å²) in [5.41, 5.74) is 2.95. The van der Waals surface area contributed by atoms with E-state index in [1.54, 1.807) is 29.2 Å². The zero-order valence-electron chi connectivity index (χ0n) is 19.3. The molecule has 0 atom stereocenters. The van der Waals surface area contributed by atoms with Crippen LogP contribution in [-0.4, -0.2) is 60.3 Å². The van der Waals surface area contributed by atoms with Gasteiger partial charge in [0.25, 0.3) is 11.8 Å². The molecule has 8 nitrogen and oxygen atoms in total. The van der Waals surface area contributed by atoms with Gasteiger partial charge in [0.15, 0.2) is 0 Å². The number of nitrogens with one attached hydrogen (secondary N) is 2. The van der Waals surface area contributed by atoms with Crippen LogP contribution < -0.4 is 15.5 Å². The SMILES string of the molecule is Cc1cccc(C(=O)NCC(=O)N2CCN(c3ccc(Cl)cc3)CC2)c1NC(=O)c1ccncc1. The number of nitrogens with zero attached hydrogens (tertiary/aromatic N) is 3.